The molecular formula is C19H19N5O2. The molecule has 0 amide bonds. The van der Waals surface area contributed by atoms with E-state index in [2.05, 4.69) is 25.1 Å². The van der Waals surface area contributed by atoms with Gasteiger partial charge in [0.05, 0.1) is 23.6 Å². The summed E-state index contributed by atoms with van der Waals surface area (Å²) in [5.74, 6) is 1.79. The maximum atomic E-state index is 12.6. The van der Waals surface area contributed by atoms with E-state index in [0.717, 1.165) is 55.0 Å². The average Bonchev–Trinajstić information content (AvgIpc) is 3.05. The molecule has 1 saturated heterocycles. The predicted molar refractivity (Wildman–Crippen MR) is 96.5 cm³/mol. The number of aromatic amines is 1. The summed E-state index contributed by atoms with van der Waals surface area (Å²) in [5.41, 5.74) is 1.03. The Morgan fingerprint density at radius 3 is 3.04 bits per heavy atom. The number of nitrogens with one attached hydrogen (secondary N) is 1. The van der Waals surface area contributed by atoms with E-state index in [0.29, 0.717) is 12.0 Å². The standard InChI is InChI=1S/C19H19N5O2/c25-15-10-19(26-16-5-2-1-4-13(15)16)6-3-8-24(9-7-19)18-14-11-22-23-17(14)20-12-21-18/h1-2,4-5,11-12H,3,6-10H2,(H,20,21,22,23). The molecule has 7 nitrogen and oxygen atoms in total. The van der Waals surface area contributed by atoms with Gasteiger partial charge in [-0.05, 0) is 25.0 Å². The molecule has 0 aliphatic carbocycles. The van der Waals surface area contributed by atoms with Gasteiger partial charge in [-0.15, -0.1) is 0 Å². The molecule has 0 radical (unpaired) electrons. The normalized spacial score (nSPS) is 22.9. The van der Waals surface area contributed by atoms with Crippen LogP contribution in [0.5, 0.6) is 5.75 Å². The van der Waals surface area contributed by atoms with Crippen LogP contribution >= 0.6 is 0 Å². The number of aromatic nitrogens is 4. The molecule has 4 heterocycles. The monoisotopic (exact) mass is 349 g/mol. The van der Waals surface area contributed by atoms with Crippen molar-refractivity contribution in [3.63, 3.8) is 0 Å². The second kappa shape index (κ2) is 5.79. The number of benzene rings is 1. The minimum Gasteiger partial charge on any atom is -0.486 e. The van der Waals surface area contributed by atoms with Crippen molar-refractivity contribution in [3.8, 4) is 5.75 Å². The smallest absolute Gasteiger partial charge is 0.170 e. The molecule has 3 aromatic rings. The number of Topliss-reactive ketones (excluding diaryl/α,β-unsaturated/α-hetero) is 1. The molecule has 1 fully saturated rings. The number of rotatable bonds is 1. The van der Waals surface area contributed by atoms with Crippen LogP contribution in [-0.4, -0.2) is 44.6 Å². The van der Waals surface area contributed by atoms with Crippen molar-refractivity contribution in [1.82, 2.24) is 20.2 Å². The van der Waals surface area contributed by atoms with Crippen molar-refractivity contribution in [2.45, 2.75) is 31.3 Å². The zero-order valence-electron chi connectivity index (χ0n) is 14.3. The number of fused-ring (bicyclic) bond motifs is 2. The number of H-pyrrole nitrogens is 1. The maximum Gasteiger partial charge on any atom is 0.170 e. The lowest BCUT2D eigenvalue weighted by Gasteiger charge is -2.37. The summed E-state index contributed by atoms with van der Waals surface area (Å²) in [6, 6.07) is 7.56. The lowest BCUT2D eigenvalue weighted by molar-refractivity contribution is 0.0323. The molecule has 0 saturated carbocycles. The van der Waals surface area contributed by atoms with Gasteiger partial charge in [-0.3, -0.25) is 9.89 Å². The van der Waals surface area contributed by atoms with E-state index >= 15 is 0 Å². The van der Waals surface area contributed by atoms with Gasteiger partial charge >= 0.3 is 0 Å². The number of ether oxygens (including phenoxy) is 1. The lowest BCUT2D eigenvalue weighted by atomic mass is 9.84. The lowest BCUT2D eigenvalue weighted by Crippen LogP contribution is -2.43. The van der Waals surface area contributed by atoms with Crippen LogP contribution in [0.1, 0.15) is 36.0 Å². The number of hydrogen-bond donors (Lipinski definition) is 1. The first-order chi connectivity index (χ1) is 12.7. The van der Waals surface area contributed by atoms with Gasteiger partial charge in [0, 0.05) is 19.5 Å². The molecule has 132 valence electrons. The number of para-hydroxylation sites is 1. The average molecular weight is 349 g/mol. The Hall–Kier alpha value is -2.96. The number of anilines is 1. The summed E-state index contributed by atoms with van der Waals surface area (Å²) in [6.45, 7) is 1.66. The minimum atomic E-state index is -0.414. The molecule has 2 aromatic heterocycles. The predicted octanol–water partition coefficient (Wildman–Crippen LogP) is 2.75. The first-order valence-electron chi connectivity index (χ1n) is 8.94. The quantitative estimate of drug-likeness (QED) is 0.727. The Morgan fingerprint density at radius 2 is 2.08 bits per heavy atom. The zero-order chi connectivity index (χ0) is 17.6. The molecule has 0 bridgehead atoms. The van der Waals surface area contributed by atoms with E-state index in [9.17, 15) is 4.79 Å². The van der Waals surface area contributed by atoms with Crippen LogP contribution in [-0.2, 0) is 0 Å². The second-order valence-electron chi connectivity index (χ2n) is 7.05. The molecule has 1 atom stereocenters. The largest absolute Gasteiger partial charge is 0.486 e. The van der Waals surface area contributed by atoms with Crippen LogP contribution in [0.15, 0.2) is 36.8 Å². The molecule has 1 unspecified atom stereocenters. The molecule has 1 N–H and O–H groups in total. The molecule has 26 heavy (non-hydrogen) atoms. The summed E-state index contributed by atoms with van der Waals surface area (Å²) in [6.07, 6.45) is 6.37. The number of nitrogens with zero attached hydrogens (tertiary/aromatic N) is 4. The van der Waals surface area contributed by atoms with Crippen LogP contribution in [0, 0.1) is 0 Å². The Labute approximate surface area is 150 Å². The highest BCUT2D eigenvalue weighted by Crippen LogP contribution is 2.39. The van der Waals surface area contributed by atoms with Gasteiger partial charge in [0.25, 0.3) is 0 Å². The summed E-state index contributed by atoms with van der Waals surface area (Å²) >= 11 is 0. The molecule has 7 heteroatoms. The van der Waals surface area contributed by atoms with Crippen molar-refractivity contribution >= 4 is 22.6 Å². The molecule has 2 aliphatic heterocycles. The summed E-state index contributed by atoms with van der Waals surface area (Å²) in [4.78, 5) is 23.6. The van der Waals surface area contributed by atoms with E-state index < -0.39 is 5.60 Å². The molecule has 5 rings (SSSR count). The van der Waals surface area contributed by atoms with Gasteiger partial charge < -0.3 is 9.64 Å². The van der Waals surface area contributed by atoms with E-state index in [-0.39, 0.29) is 5.78 Å². The highest BCUT2D eigenvalue weighted by atomic mass is 16.5. The minimum absolute atomic E-state index is 0.180. The van der Waals surface area contributed by atoms with E-state index in [1.54, 1.807) is 12.5 Å². The van der Waals surface area contributed by atoms with Crippen LogP contribution < -0.4 is 9.64 Å². The van der Waals surface area contributed by atoms with Crippen molar-refractivity contribution in [2.75, 3.05) is 18.0 Å². The van der Waals surface area contributed by atoms with Crippen molar-refractivity contribution < 1.29 is 9.53 Å². The number of carbonyl (C=O) groups excluding carboxylic acids is 1. The third-order valence-corrected chi connectivity index (χ3v) is 5.42. The highest BCUT2D eigenvalue weighted by Gasteiger charge is 2.41. The number of hydrogen-bond acceptors (Lipinski definition) is 6. The Balaban J connectivity index is 1.43. The van der Waals surface area contributed by atoms with Crippen LogP contribution in [0.25, 0.3) is 11.0 Å². The highest BCUT2D eigenvalue weighted by molar-refractivity contribution is 6.00. The zero-order valence-corrected chi connectivity index (χ0v) is 14.3. The number of carbonyl (C=O) groups is 1. The van der Waals surface area contributed by atoms with Gasteiger partial charge in [0.1, 0.15) is 23.5 Å². The molecule has 1 spiro atoms. The van der Waals surface area contributed by atoms with E-state index in [1.165, 1.54) is 0 Å². The summed E-state index contributed by atoms with van der Waals surface area (Å²) in [7, 11) is 0. The SMILES string of the molecule is O=C1CC2(CCCN(c3ncnc4[nH]ncc34)CC2)Oc2ccccc21. The summed E-state index contributed by atoms with van der Waals surface area (Å²) in [5, 5.41) is 7.89. The van der Waals surface area contributed by atoms with Crippen LogP contribution in [0.3, 0.4) is 0 Å². The van der Waals surface area contributed by atoms with Crippen molar-refractivity contribution in [1.29, 1.82) is 0 Å². The van der Waals surface area contributed by atoms with Gasteiger partial charge in [-0.2, -0.15) is 5.10 Å². The Bertz CT molecular complexity index is 985. The maximum absolute atomic E-state index is 12.6. The van der Waals surface area contributed by atoms with Crippen LogP contribution in [0.4, 0.5) is 5.82 Å². The van der Waals surface area contributed by atoms with E-state index in [4.69, 9.17) is 4.74 Å². The third-order valence-electron chi connectivity index (χ3n) is 5.42. The summed E-state index contributed by atoms with van der Waals surface area (Å²) < 4.78 is 6.37. The van der Waals surface area contributed by atoms with Crippen molar-refractivity contribution in [2.24, 2.45) is 0 Å². The first kappa shape index (κ1) is 15.3. The second-order valence-corrected chi connectivity index (χ2v) is 7.05. The van der Waals surface area contributed by atoms with Gasteiger partial charge in [-0.25, -0.2) is 9.97 Å². The molecular weight excluding hydrogens is 330 g/mol. The first-order valence-corrected chi connectivity index (χ1v) is 8.94. The topological polar surface area (TPSA) is 84.0 Å². The van der Waals surface area contributed by atoms with Crippen LogP contribution in [0.2, 0.25) is 0 Å². The number of ketones is 1. The Kier molecular flexibility index (Phi) is 3.41. The molecule has 1 aromatic carbocycles. The fraction of sp³-hybridized carbons (Fsp3) is 0.368. The fourth-order valence-corrected chi connectivity index (χ4v) is 4.11. The van der Waals surface area contributed by atoms with Gasteiger partial charge in [0.15, 0.2) is 11.4 Å². The Morgan fingerprint density at radius 1 is 1.15 bits per heavy atom. The van der Waals surface area contributed by atoms with E-state index in [1.807, 2.05) is 24.3 Å². The van der Waals surface area contributed by atoms with Crippen molar-refractivity contribution in [3.05, 3.63) is 42.4 Å². The third kappa shape index (κ3) is 2.42. The van der Waals surface area contributed by atoms with Gasteiger partial charge in [0.2, 0.25) is 0 Å². The molecule has 2 aliphatic rings. The van der Waals surface area contributed by atoms with Gasteiger partial charge in [-0.1, -0.05) is 12.1 Å². The fourth-order valence-electron chi connectivity index (χ4n) is 4.11.